The fraction of sp³-hybridized carbons (Fsp3) is 0.167. The summed E-state index contributed by atoms with van der Waals surface area (Å²) in [5, 5.41) is 14.2. The molecule has 0 aromatic carbocycles. The number of hydrogen-bond acceptors (Lipinski definition) is 4. The Morgan fingerprint density at radius 3 is 3.09 bits per heavy atom. The normalized spacial score (nSPS) is 8.73. The lowest BCUT2D eigenvalue weighted by molar-refractivity contribution is 0.0594. The van der Waals surface area contributed by atoms with E-state index < -0.39 is 5.97 Å². The first-order valence-electron chi connectivity index (χ1n) is 2.81. The fourth-order valence-electron chi connectivity index (χ4n) is 0.588. The number of hydrogen-bond donors (Lipinski definition) is 1. The summed E-state index contributed by atoms with van der Waals surface area (Å²) in [6.07, 6.45) is 0. The molecule has 0 saturated carbocycles. The first-order valence-corrected chi connectivity index (χ1v) is 2.81. The number of H-pyrrole nitrogens is 1. The molecule has 0 radical (unpaired) electrons. The van der Waals surface area contributed by atoms with Crippen LogP contribution >= 0.6 is 0 Å². The van der Waals surface area contributed by atoms with E-state index in [2.05, 4.69) is 14.9 Å². The van der Waals surface area contributed by atoms with Crippen LogP contribution in [0.25, 0.3) is 0 Å². The molecule has 1 N–H and O–H groups in total. The van der Waals surface area contributed by atoms with Gasteiger partial charge in [-0.1, -0.05) is 0 Å². The van der Waals surface area contributed by atoms with E-state index in [9.17, 15) is 4.79 Å². The van der Waals surface area contributed by atoms with E-state index in [1.165, 1.54) is 13.2 Å². The van der Waals surface area contributed by atoms with Gasteiger partial charge in [0.15, 0.2) is 5.69 Å². The number of aromatic amines is 1. The summed E-state index contributed by atoms with van der Waals surface area (Å²) >= 11 is 0. The van der Waals surface area contributed by atoms with Gasteiger partial charge in [-0.2, -0.15) is 10.4 Å². The van der Waals surface area contributed by atoms with E-state index in [1.807, 2.05) is 0 Å². The van der Waals surface area contributed by atoms with Crippen LogP contribution in [-0.2, 0) is 4.74 Å². The van der Waals surface area contributed by atoms with Crippen molar-refractivity contribution in [3.05, 3.63) is 17.5 Å². The van der Waals surface area contributed by atoms with Crippen LogP contribution in [0.3, 0.4) is 0 Å². The zero-order valence-corrected chi connectivity index (χ0v) is 5.79. The van der Waals surface area contributed by atoms with Crippen LogP contribution in [0.1, 0.15) is 16.2 Å². The SMILES string of the molecule is COC(=O)c1cc(C#N)[nH]n1. The number of rotatable bonds is 1. The van der Waals surface area contributed by atoms with Crippen molar-refractivity contribution in [1.29, 1.82) is 5.26 Å². The van der Waals surface area contributed by atoms with Crippen molar-refractivity contribution in [2.75, 3.05) is 7.11 Å². The highest BCUT2D eigenvalue weighted by Crippen LogP contribution is 1.98. The van der Waals surface area contributed by atoms with Crippen LogP contribution in [0.2, 0.25) is 0 Å². The van der Waals surface area contributed by atoms with E-state index in [1.54, 1.807) is 6.07 Å². The molecule has 0 fully saturated rings. The monoisotopic (exact) mass is 151 g/mol. The third-order valence-corrected chi connectivity index (χ3v) is 1.09. The molecule has 0 aliphatic rings. The zero-order chi connectivity index (χ0) is 8.27. The van der Waals surface area contributed by atoms with Gasteiger partial charge in [0.1, 0.15) is 11.8 Å². The van der Waals surface area contributed by atoms with Crippen molar-refractivity contribution >= 4 is 5.97 Å². The van der Waals surface area contributed by atoms with Crippen molar-refractivity contribution in [2.24, 2.45) is 0 Å². The predicted octanol–water partition coefficient (Wildman–Crippen LogP) is 0.0680. The van der Waals surface area contributed by atoms with Gasteiger partial charge in [0.05, 0.1) is 7.11 Å². The number of methoxy groups -OCH3 is 1. The summed E-state index contributed by atoms with van der Waals surface area (Å²) in [6.45, 7) is 0. The minimum atomic E-state index is -0.553. The Hall–Kier alpha value is -1.83. The second-order valence-electron chi connectivity index (χ2n) is 1.77. The number of ether oxygens (including phenoxy) is 1. The highest BCUT2D eigenvalue weighted by molar-refractivity contribution is 5.87. The Bertz CT molecular complexity index is 310. The van der Waals surface area contributed by atoms with E-state index in [4.69, 9.17) is 5.26 Å². The Morgan fingerprint density at radius 1 is 1.91 bits per heavy atom. The number of nitrogens with zero attached hydrogens (tertiary/aromatic N) is 2. The van der Waals surface area contributed by atoms with Crippen LogP contribution in [0.15, 0.2) is 6.07 Å². The van der Waals surface area contributed by atoms with Crippen molar-refractivity contribution in [3.63, 3.8) is 0 Å². The Kier molecular flexibility index (Phi) is 1.88. The van der Waals surface area contributed by atoms with Gasteiger partial charge in [-0.3, -0.25) is 5.10 Å². The molecule has 11 heavy (non-hydrogen) atoms. The van der Waals surface area contributed by atoms with E-state index in [-0.39, 0.29) is 11.4 Å². The average Bonchev–Trinajstić information content (AvgIpc) is 2.50. The molecule has 0 spiro atoms. The van der Waals surface area contributed by atoms with Crippen LogP contribution in [0.5, 0.6) is 0 Å². The highest BCUT2D eigenvalue weighted by Gasteiger charge is 2.08. The van der Waals surface area contributed by atoms with Gasteiger partial charge >= 0.3 is 5.97 Å². The number of esters is 1. The summed E-state index contributed by atoms with van der Waals surface area (Å²) in [6, 6.07) is 3.13. The molecule has 1 rings (SSSR count). The molecule has 0 bridgehead atoms. The second-order valence-corrected chi connectivity index (χ2v) is 1.77. The minimum absolute atomic E-state index is 0.115. The van der Waals surface area contributed by atoms with Crippen LogP contribution < -0.4 is 0 Å². The topological polar surface area (TPSA) is 78.8 Å². The van der Waals surface area contributed by atoms with E-state index in [0.29, 0.717) is 0 Å². The summed E-state index contributed by atoms with van der Waals surface area (Å²) in [4.78, 5) is 10.7. The Balaban J connectivity index is 2.91. The molecular formula is C6H5N3O2. The molecule has 1 aromatic rings. The molecular weight excluding hydrogens is 146 g/mol. The fourth-order valence-corrected chi connectivity index (χ4v) is 0.588. The molecule has 5 nitrogen and oxygen atoms in total. The standard InChI is InChI=1S/C6H5N3O2/c1-11-6(10)5-2-4(3-7)8-9-5/h2H,1H3,(H,8,9). The lowest BCUT2D eigenvalue weighted by Crippen LogP contribution is -2.00. The molecule has 56 valence electrons. The predicted molar refractivity (Wildman–Crippen MR) is 34.6 cm³/mol. The van der Waals surface area contributed by atoms with E-state index >= 15 is 0 Å². The third-order valence-electron chi connectivity index (χ3n) is 1.09. The number of carbonyl (C=O) groups is 1. The summed E-state index contributed by atoms with van der Waals surface area (Å²) in [5.41, 5.74) is 0.356. The highest BCUT2D eigenvalue weighted by atomic mass is 16.5. The zero-order valence-electron chi connectivity index (χ0n) is 5.79. The molecule has 0 aliphatic heterocycles. The van der Waals surface area contributed by atoms with Gasteiger partial charge < -0.3 is 4.74 Å². The average molecular weight is 151 g/mol. The quantitative estimate of drug-likeness (QED) is 0.576. The maximum atomic E-state index is 10.7. The van der Waals surface area contributed by atoms with Gasteiger partial charge in [0.2, 0.25) is 0 Å². The lowest BCUT2D eigenvalue weighted by Gasteiger charge is -1.89. The molecule has 0 aliphatic carbocycles. The first-order chi connectivity index (χ1) is 5.27. The maximum absolute atomic E-state index is 10.7. The largest absolute Gasteiger partial charge is 0.464 e. The van der Waals surface area contributed by atoms with Gasteiger partial charge in [0.25, 0.3) is 0 Å². The molecule has 0 unspecified atom stereocenters. The van der Waals surface area contributed by atoms with Crippen LogP contribution in [-0.4, -0.2) is 23.3 Å². The second kappa shape index (κ2) is 2.84. The lowest BCUT2D eigenvalue weighted by atomic mass is 10.4. The van der Waals surface area contributed by atoms with Crippen molar-refractivity contribution in [2.45, 2.75) is 0 Å². The molecule has 0 saturated heterocycles. The van der Waals surface area contributed by atoms with Crippen molar-refractivity contribution < 1.29 is 9.53 Å². The Morgan fingerprint density at radius 2 is 2.64 bits per heavy atom. The summed E-state index contributed by atoms with van der Waals surface area (Å²) in [5.74, 6) is -0.553. The summed E-state index contributed by atoms with van der Waals surface area (Å²) < 4.78 is 4.36. The molecule has 1 aromatic heterocycles. The van der Waals surface area contributed by atoms with Crippen LogP contribution in [0.4, 0.5) is 0 Å². The van der Waals surface area contributed by atoms with Crippen molar-refractivity contribution in [1.82, 2.24) is 10.2 Å². The molecule has 5 heteroatoms. The Labute approximate surface area is 62.6 Å². The van der Waals surface area contributed by atoms with Crippen LogP contribution in [0, 0.1) is 11.3 Å². The minimum Gasteiger partial charge on any atom is -0.464 e. The van der Waals surface area contributed by atoms with Gasteiger partial charge in [-0.05, 0) is 0 Å². The number of nitriles is 1. The number of aromatic nitrogens is 2. The van der Waals surface area contributed by atoms with Gasteiger partial charge in [-0.15, -0.1) is 0 Å². The molecule has 0 amide bonds. The molecule has 0 atom stereocenters. The van der Waals surface area contributed by atoms with Crippen molar-refractivity contribution in [3.8, 4) is 6.07 Å². The number of carbonyl (C=O) groups excluding carboxylic acids is 1. The first kappa shape index (κ1) is 7.28. The smallest absolute Gasteiger partial charge is 0.358 e. The summed E-state index contributed by atoms with van der Waals surface area (Å²) in [7, 11) is 1.25. The van der Waals surface area contributed by atoms with Gasteiger partial charge in [0, 0.05) is 6.07 Å². The van der Waals surface area contributed by atoms with E-state index in [0.717, 1.165) is 0 Å². The number of nitrogens with one attached hydrogen (secondary N) is 1. The molecule has 1 heterocycles. The third kappa shape index (κ3) is 1.35. The maximum Gasteiger partial charge on any atom is 0.358 e. The van der Waals surface area contributed by atoms with Gasteiger partial charge in [-0.25, -0.2) is 4.79 Å².